The highest BCUT2D eigenvalue weighted by molar-refractivity contribution is 6.33. The molecule has 0 N–H and O–H groups in total. The van der Waals surface area contributed by atoms with Crippen molar-refractivity contribution in [2.24, 2.45) is 0 Å². The maximum Gasteiger partial charge on any atom is 0.235 e. The Bertz CT molecular complexity index is 8730. The number of rotatable bonds is 9. The molecule has 0 radical (unpaired) electrons. The number of para-hydroxylation sites is 6. The number of nitrogens with zero attached hydrogens (tertiary/aromatic N) is 8. The van der Waals surface area contributed by atoms with Crippen LogP contribution in [-0.2, 0) is 0 Å². The van der Waals surface area contributed by atoms with Gasteiger partial charge in [-0.3, -0.25) is 9.13 Å². The lowest BCUT2D eigenvalue weighted by atomic mass is 10.0. The average Bonchev–Trinajstić information content (AvgIpc) is 1.53. The number of furan rings is 2. The Morgan fingerprint density at radius 3 is 1.04 bits per heavy atom. The Kier molecular flexibility index (Phi) is 14.9. The number of hydrogen-bond acceptors (Lipinski definition) is 6. The number of hydrogen-bond donors (Lipinski definition) is 0. The van der Waals surface area contributed by atoms with Gasteiger partial charge in [-0.15, -0.1) is 0 Å². The third kappa shape index (κ3) is 10.3. The van der Waals surface area contributed by atoms with E-state index in [0.717, 1.165) is 192 Å². The molecule has 0 amide bonds. The van der Waals surface area contributed by atoms with Crippen molar-refractivity contribution in [3.63, 3.8) is 0 Å². The van der Waals surface area contributed by atoms with Crippen LogP contribution in [0.1, 0.15) is 0 Å². The minimum absolute atomic E-state index is 0.603. The fraction of sp³-hybridized carbons (Fsp3) is 0. The van der Waals surface area contributed by atoms with Crippen molar-refractivity contribution >= 4 is 164 Å². The highest BCUT2D eigenvalue weighted by atomic mass is 16.3. The molecule has 0 aliphatic rings. The minimum Gasteiger partial charge on any atom is -0.455 e. The molecule has 8 aromatic heterocycles. The van der Waals surface area contributed by atoms with Gasteiger partial charge < -0.3 is 18.0 Å². The minimum atomic E-state index is 0.603. The quantitative estimate of drug-likeness (QED) is 0.143. The lowest BCUT2D eigenvalue weighted by Gasteiger charge is -2.13. The molecule has 0 unspecified atom stereocenters. The predicted octanol–water partition coefficient (Wildman–Crippen LogP) is 28.9. The monoisotopic (exact) mass is 1530 g/mol. The zero-order valence-electron chi connectivity index (χ0n) is 64.5. The van der Waals surface area contributed by atoms with Crippen LogP contribution in [0.25, 0.3) is 243 Å². The first-order valence-electron chi connectivity index (χ1n) is 40.7. The number of benzene rings is 18. The van der Waals surface area contributed by atoms with Gasteiger partial charge in [0.25, 0.3) is 0 Å². The van der Waals surface area contributed by atoms with Gasteiger partial charge in [0.1, 0.15) is 22.3 Å². The SMILES string of the molecule is c1ccc(-c2ccc(-c3nc(-n4c5ccc6c7ccccc7oc6c5c5ccc6c(c7ccccc7n6-c6cccc(-c7ccccc7)c6)c54)nc4ccccc34)cc2)cc1.c1ccc(-c2cccc(-n3c4ccccc4c4c3ccc3c5c6oc7ccccc7c6ccc5n(-c5nc(-c6ccc7ccccc7c6)c6ccccc6n5)c34)c2)cc1. The molecule has 0 aliphatic heterocycles. The molecule has 18 aromatic carbocycles. The van der Waals surface area contributed by atoms with Crippen LogP contribution in [-0.4, -0.2) is 38.2 Å². The highest BCUT2D eigenvalue weighted by Gasteiger charge is 2.29. The lowest BCUT2D eigenvalue weighted by Crippen LogP contribution is -2.03. The Hall–Kier alpha value is -16.3. The van der Waals surface area contributed by atoms with Crippen LogP contribution in [0, 0.1) is 0 Å². The normalized spacial score (nSPS) is 12.0. The molecule has 10 heteroatoms. The van der Waals surface area contributed by atoms with Crippen molar-refractivity contribution in [2.75, 3.05) is 0 Å². The first-order valence-corrected chi connectivity index (χ1v) is 40.7. The molecule has 0 saturated heterocycles. The van der Waals surface area contributed by atoms with E-state index in [4.69, 9.17) is 28.8 Å². The Morgan fingerprint density at radius 1 is 0.192 bits per heavy atom. The first kappa shape index (κ1) is 67.1. The molecule has 0 atom stereocenters. The standard InChI is InChI=1S/C56H34N4O.C54H32N4O/c1-3-14-35(15-4-1)37-26-28-38(29-27-37)53-43-21-7-10-23-46(43)57-56(58-53)60-49-32-30-42-41-20-9-12-25-50(41)61-55(42)52(49)45-31-33-48-51(54(45)60)44-22-8-11-24-47(44)59(48)40-19-13-18-39(34-40)36-16-5-2-6-17-36;1-2-13-33(14-3-1)36-17-12-18-38(32-36)57-45-23-10-7-21-42(45)49-46(57)30-28-43-50-47(29-27-40-39-19-8-11-24-48(39)59-53(40)50)58(52(43)49)54-55-44-22-9-6-20-41(44)51(56-54)37-26-25-34-15-4-5-16-35(34)31-37/h1-34H;1-32H. The van der Waals surface area contributed by atoms with Crippen LogP contribution in [0.15, 0.2) is 409 Å². The predicted molar refractivity (Wildman–Crippen MR) is 496 cm³/mol. The summed E-state index contributed by atoms with van der Waals surface area (Å²) in [5, 5.41) is 17.6. The van der Waals surface area contributed by atoms with E-state index in [1.165, 1.54) is 38.6 Å². The van der Waals surface area contributed by atoms with Gasteiger partial charge in [-0.05, 0) is 159 Å². The number of fused-ring (bicyclic) bond motifs is 25. The van der Waals surface area contributed by atoms with Gasteiger partial charge >= 0.3 is 0 Å². The van der Waals surface area contributed by atoms with E-state index in [-0.39, 0.29) is 0 Å². The zero-order chi connectivity index (χ0) is 78.6. The summed E-state index contributed by atoms with van der Waals surface area (Å²) in [4.78, 5) is 21.9. The second-order valence-corrected chi connectivity index (χ2v) is 31.1. The van der Waals surface area contributed by atoms with E-state index in [9.17, 15) is 0 Å². The summed E-state index contributed by atoms with van der Waals surface area (Å²) >= 11 is 0. The van der Waals surface area contributed by atoms with Gasteiger partial charge in [-0.1, -0.05) is 285 Å². The van der Waals surface area contributed by atoms with Gasteiger partial charge in [-0.2, -0.15) is 0 Å². The summed E-state index contributed by atoms with van der Waals surface area (Å²) < 4.78 is 23.0. The highest BCUT2D eigenvalue weighted by Crippen LogP contribution is 2.49. The fourth-order valence-corrected chi connectivity index (χ4v) is 19.1. The summed E-state index contributed by atoms with van der Waals surface area (Å²) in [6.45, 7) is 0. The van der Waals surface area contributed by atoms with Gasteiger partial charge in [0.05, 0.1) is 77.3 Å². The molecule has 0 bridgehead atoms. The van der Waals surface area contributed by atoms with Gasteiger partial charge in [0.2, 0.25) is 11.9 Å². The van der Waals surface area contributed by atoms with Gasteiger partial charge in [0, 0.05) is 87.1 Å². The van der Waals surface area contributed by atoms with Crippen molar-refractivity contribution in [1.29, 1.82) is 0 Å². The lowest BCUT2D eigenvalue weighted by molar-refractivity contribution is 0.672. The van der Waals surface area contributed by atoms with E-state index in [1.54, 1.807) is 0 Å². The first-order chi connectivity index (χ1) is 59.5. The maximum atomic E-state index is 6.80. The smallest absolute Gasteiger partial charge is 0.235 e. The van der Waals surface area contributed by atoms with Gasteiger partial charge in [0.15, 0.2) is 0 Å². The van der Waals surface area contributed by atoms with E-state index >= 15 is 0 Å². The number of aromatic nitrogens is 8. The maximum absolute atomic E-state index is 6.80. The Balaban J connectivity index is 0.000000133. The van der Waals surface area contributed by atoms with Crippen LogP contribution >= 0.6 is 0 Å². The molecule has 558 valence electrons. The molecule has 0 fully saturated rings. The van der Waals surface area contributed by atoms with Crippen molar-refractivity contribution in [3.05, 3.63) is 400 Å². The van der Waals surface area contributed by atoms with E-state index < -0.39 is 0 Å². The molecule has 26 aromatic rings. The van der Waals surface area contributed by atoms with E-state index in [2.05, 4.69) is 407 Å². The summed E-state index contributed by atoms with van der Waals surface area (Å²) in [5.41, 5.74) is 26.8. The summed E-state index contributed by atoms with van der Waals surface area (Å²) in [5.74, 6) is 1.21. The van der Waals surface area contributed by atoms with Crippen LogP contribution in [0.3, 0.4) is 0 Å². The Morgan fingerprint density at radius 2 is 0.550 bits per heavy atom. The van der Waals surface area contributed by atoms with Crippen LogP contribution < -0.4 is 0 Å². The van der Waals surface area contributed by atoms with Crippen molar-refractivity contribution in [3.8, 4) is 79.2 Å². The van der Waals surface area contributed by atoms with Crippen molar-refractivity contribution in [1.82, 2.24) is 38.2 Å². The second kappa shape index (κ2) is 26.6. The molecular formula is C110H66N8O2. The molecule has 10 nitrogen and oxygen atoms in total. The molecule has 8 heterocycles. The van der Waals surface area contributed by atoms with Crippen LogP contribution in [0.5, 0.6) is 0 Å². The molecule has 120 heavy (non-hydrogen) atoms. The third-order valence-electron chi connectivity index (χ3n) is 24.4. The molecular weight excluding hydrogens is 1470 g/mol. The van der Waals surface area contributed by atoms with Crippen LogP contribution in [0.4, 0.5) is 0 Å². The van der Waals surface area contributed by atoms with Gasteiger partial charge in [-0.25, -0.2) is 19.9 Å². The van der Waals surface area contributed by atoms with Crippen LogP contribution in [0.2, 0.25) is 0 Å². The molecule has 0 spiro atoms. The average molecular weight is 1530 g/mol. The summed E-state index contributed by atoms with van der Waals surface area (Å²) in [7, 11) is 0. The molecule has 0 aliphatic carbocycles. The summed E-state index contributed by atoms with van der Waals surface area (Å²) in [6, 6.07) is 142. The Labute approximate surface area is 685 Å². The van der Waals surface area contributed by atoms with Crippen molar-refractivity contribution in [2.45, 2.75) is 0 Å². The zero-order valence-corrected chi connectivity index (χ0v) is 64.5. The fourth-order valence-electron chi connectivity index (χ4n) is 19.1. The topological polar surface area (TPSA) is 97.6 Å². The second-order valence-electron chi connectivity index (χ2n) is 31.1. The summed E-state index contributed by atoms with van der Waals surface area (Å²) in [6.07, 6.45) is 0. The molecule has 0 saturated carbocycles. The third-order valence-corrected chi connectivity index (χ3v) is 24.4. The molecule has 26 rings (SSSR count). The van der Waals surface area contributed by atoms with Crippen molar-refractivity contribution < 1.29 is 8.83 Å². The van der Waals surface area contributed by atoms with E-state index in [1.807, 2.05) is 12.1 Å². The van der Waals surface area contributed by atoms with E-state index in [0.29, 0.717) is 11.9 Å². The largest absolute Gasteiger partial charge is 0.455 e.